The average molecular weight is 246 g/mol. The van der Waals surface area contributed by atoms with Crippen LogP contribution in [0.25, 0.3) is 11.6 Å². The van der Waals surface area contributed by atoms with Crippen LogP contribution in [0, 0.1) is 11.3 Å². The molecule has 1 aliphatic rings. The smallest absolute Gasteiger partial charge is 0.256 e. The first kappa shape index (κ1) is 11.2. The van der Waals surface area contributed by atoms with E-state index in [1.165, 1.54) is 0 Å². The molecule has 3 nitrogen and oxygen atoms in total. The second-order valence-corrected chi connectivity index (χ2v) is 4.29. The van der Waals surface area contributed by atoms with E-state index in [2.05, 4.69) is 11.4 Å². The van der Waals surface area contributed by atoms with Gasteiger partial charge in [-0.25, -0.2) is 0 Å². The number of para-hydroxylation sites is 1. The zero-order valence-electron chi connectivity index (χ0n) is 10.1. The molecule has 0 radical (unpaired) electrons. The maximum Gasteiger partial charge on any atom is 0.256 e. The number of benzene rings is 2. The van der Waals surface area contributed by atoms with E-state index < -0.39 is 0 Å². The van der Waals surface area contributed by atoms with Crippen LogP contribution in [0.2, 0.25) is 0 Å². The minimum Gasteiger partial charge on any atom is -0.321 e. The summed E-state index contributed by atoms with van der Waals surface area (Å²) in [5.74, 6) is -0.108. The molecule has 3 rings (SSSR count). The molecule has 0 unspecified atom stereocenters. The molecule has 0 fully saturated rings. The van der Waals surface area contributed by atoms with Crippen molar-refractivity contribution in [3.05, 3.63) is 65.2 Å². The van der Waals surface area contributed by atoms with Gasteiger partial charge in [0, 0.05) is 16.8 Å². The third-order valence-electron chi connectivity index (χ3n) is 3.04. The number of carbonyl (C=O) groups is 1. The third-order valence-corrected chi connectivity index (χ3v) is 3.04. The summed E-state index contributed by atoms with van der Waals surface area (Å²) in [5, 5.41) is 11.7. The van der Waals surface area contributed by atoms with E-state index in [0.29, 0.717) is 11.1 Å². The van der Waals surface area contributed by atoms with Gasteiger partial charge in [-0.05, 0) is 29.8 Å². The van der Waals surface area contributed by atoms with Crippen molar-refractivity contribution >= 4 is 23.2 Å². The topological polar surface area (TPSA) is 52.9 Å². The normalized spacial score (nSPS) is 14.9. The van der Waals surface area contributed by atoms with E-state index in [0.717, 1.165) is 16.8 Å². The summed E-state index contributed by atoms with van der Waals surface area (Å²) < 4.78 is 0. The molecule has 0 saturated heterocycles. The highest BCUT2D eigenvalue weighted by Gasteiger charge is 2.23. The number of nitrogens with one attached hydrogen (secondary N) is 1. The Hall–Kier alpha value is -2.86. The molecule has 1 amide bonds. The Labute approximate surface area is 110 Å². The lowest BCUT2D eigenvalue weighted by molar-refractivity contribution is -0.110. The molecule has 0 aliphatic carbocycles. The summed E-state index contributed by atoms with van der Waals surface area (Å²) in [5.41, 5.74) is 3.79. The molecule has 0 aromatic heterocycles. The Balaban J connectivity index is 2.09. The first-order valence-corrected chi connectivity index (χ1v) is 5.90. The monoisotopic (exact) mass is 246 g/mol. The number of amides is 1. The van der Waals surface area contributed by atoms with Gasteiger partial charge < -0.3 is 5.32 Å². The van der Waals surface area contributed by atoms with Crippen molar-refractivity contribution < 1.29 is 4.79 Å². The van der Waals surface area contributed by atoms with E-state index in [4.69, 9.17) is 5.26 Å². The summed E-state index contributed by atoms with van der Waals surface area (Å²) in [4.78, 5) is 11.9. The van der Waals surface area contributed by atoms with Gasteiger partial charge in [0.15, 0.2) is 0 Å². The van der Waals surface area contributed by atoms with Crippen molar-refractivity contribution in [2.45, 2.75) is 0 Å². The zero-order chi connectivity index (χ0) is 13.2. The van der Waals surface area contributed by atoms with Crippen LogP contribution in [0.15, 0.2) is 48.5 Å². The van der Waals surface area contributed by atoms with E-state index in [1.54, 1.807) is 12.1 Å². The van der Waals surface area contributed by atoms with Crippen molar-refractivity contribution in [1.82, 2.24) is 0 Å². The lowest BCUT2D eigenvalue weighted by Gasteiger charge is -1.98. The highest BCUT2D eigenvalue weighted by atomic mass is 16.2. The van der Waals surface area contributed by atoms with Crippen molar-refractivity contribution in [1.29, 1.82) is 5.26 Å². The molecule has 1 aliphatic heterocycles. The minimum absolute atomic E-state index is 0.108. The highest BCUT2D eigenvalue weighted by Crippen LogP contribution is 2.32. The molecule has 90 valence electrons. The Morgan fingerprint density at radius 2 is 1.95 bits per heavy atom. The van der Waals surface area contributed by atoms with Crippen LogP contribution < -0.4 is 5.32 Å². The Morgan fingerprint density at radius 1 is 1.11 bits per heavy atom. The van der Waals surface area contributed by atoms with Gasteiger partial charge in [-0.15, -0.1) is 0 Å². The fourth-order valence-electron chi connectivity index (χ4n) is 2.15. The Morgan fingerprint density at radius 3 is 2.79 bits per heavy atom. The maximum absolute atomic E-state index is 11.9. The van der Waals surface area contributed by atoms with Crippen molar-refractivity contribution in [2.24, 2.45) is 0 Å². The highest BCUT2D eigenvalue weighted by molar-refractivity contribution is 6.34. The van der Waals surface area contributed by atoms with Crippen LogP contribution in [0.4, 0.5) is 5.69 Å². The fraction of sp³-hybridized carbons (Fsp3) is 0. The number of carbonyl (C=O) groups excluding carboxylic acids is 1. The van der Waals surface area contributed by atoms with Gasteiger partial charge >= 0.3 is 0 Å². The predicted molar refractivity (Wildman–Crippen MR) is 74.1 cm³/mol. The number of rotatable bonds is 1. The zero-order valence-corrected chi connectivity index (χ0v) is 10.1. The SMILES string of the molecule is N#Cc1cccc(C=C2C(=O)Nc3ccccc32)c1. The van der Waals surface area contributed by atoms with Crippen LogP contribution in [0.1, 0.15) is 16.7 Å². The van der Waals surface area contributed by atoms with Gasteiger partial charge in [-0.1, -0.05) is 30.3 Å². The third kappa shape index (κ3) is 2.00. The van der Waals surface area contributed by atoms with Crippen LogP contribution in [0.3, 0.4) is 0 Å². The molecule has 0 bridgehead atoms. The summed E-state index contributed by atoms with van der Waals surface area (Å²) >= 11 is 0. The van der Waals surface area contributed by atoms with E-state index in [-0.39, 0.29) is 5.91 Å². The van der Waals surface area contributed by atoms with Gasteiger partial charge in [-0.2, -0.15) is 5.26 Å². The number of hydrogen-bond donors (Lipinski definition) is 1. The molecular weight excluding hydrogens is 236 g/mol. The van der Waals surface area contributed by atoms with Gasteiger partial charge in [0.25, 0.3) is 5.91 Å². The average Bonchev–Trinajstić information content (AvgIpc) is 2.76. The summed E-state index contributed by atoms with van der Waals surface area (Å²) in [7, 11) is 0. The standard InChI is InChI=1S/C16H10N2O/c17-10-12-5-3-4-11(8-12)9-14-13-6-1-2-7-15(13)18-16(14)19/h1-9H,(H,18,19). The second kappa shape index (κ2) is 4.43. The van der Waals surface area contributed by atoms with E-state index in [1.807, 2.05) is 42.5 Å². The quantitative estimate of drug-likeness (QED) is 0.786. The molecule has 3 heteroatoms. The Bertz CT molecular complexity index is 738. The van der Waals surface area contributed by atoms with Crippen LogP contribution in [0.5, 0.6) is 0 Å². The maximum atomic E-state index is 11.9. The molecule has 19 heavy (non-hydrogen) atoms. The number of nitriles is 1. The minimum atomic E-state index is -0.108. The van der Waals surface area contributed by atoms with Crippen LogP contribution in [-0.2, 0) is 4.79 Å². The van der Waals surface area contributed by atoms with Gasteiger partial charge in [0.2, 0.25) is 0 Å². The molecule has 1 heterocycles. The van der Waals surface area contributed by atoms with E-state index in [9.17, 15) is 4.79 Å². The summed E-state index contributed by atoms with van der Waals surface area (Å²) in [6.45, 7) is 0. The largest absolute Gasteiger partial charge is 0.321 e. The lowest BCUT2D eigenvalue weighted by atomic mass is 10.0. The Kier molecular flexibility index (Phi) is 2.62. The summed E-state index contributed by atoms with van der Waals surface area (Å²) in [6.07, 6.45) is 1.81. The molecule has 0 saturated carbocycles. The number of nitrogens with zero attached hydrogens (tertiary/aromatic N) is 1. The second-order valence-electron chi connectivity index (χ2n) is 4.29. The van der Waals surface area contributed by atoms with Gasteiger partial charge in [0.05, 0.1) is 11.6 Å². The molecule has 0 atom stereocenters. The fourth-order valence-corrected chi connectivity index (χ4v) is 2.15. The molecule has 2 aromatic rings. The molecule has 1 N–H and O–H groups in total. The molecule has 0 spiro atoms. The first-order valence-electron chi connectivity index (χ1n) is 5.90. The lowest BCUT2D eigenvalue weighted by Crippen LogP contribution is -2.03. The van der Waals surface area contributed by atoms with Gasteiger partial charge in [0.1, 0.15) is 0 Å². The predicted octanol–water partition coefficient (Wildman–Crippen LogP) is 3.05. The van der Waals surface area contributed by atoms with E-state index >= 15 is 0 Å². The summed E-state index contributed by atoms with van der Waals surface area (Å²) in [6, 6.07) is 16.9. The number of fused-ring (bicyclic) bond motifs is 1. The number of anilines is 1. The van der Waals surface area contributed by atoms with Crippen molar-refractivity contribution in [3.8, 4) is 6.07 Å². The van der Waals surface area contributed by atoms with Crippen LogP contribution in [-0.4, -0.2) is 5.91 Å². The molecular formula is C16H10N2O. The number of hydrogen-bond acceptors (Lipinski definition) is 2. The van der Waals surface area contributed by atoms with Gasteiger partial charge in [-0.3, -0.25) is 4.79 Å². The van der Waals surface area contributed by atoms with Crippen molar-refractivity contribution in [2.75, 3.05) is 5.32 Å². The first-order chi connectivity index (χ1) is 9.28. The van der Waals surface area contributed by atoms with Crippen LogP contribution >= 0.6 is 0 Å². The molecule has 2 aromatic carbocycles. The van der Waals surface area contributed by atoms with Crippen molar-refractivity contribution in [3.63, 3.8) is 0 Å².